The highest BCUT2D eigenvalue weighted by Gasteiger charge is 2.17. The van der Waals surface area contributed by atoms with Crippen LogP contribution in [0.2, 0.25) is 0 Å². The lowest BCUT2D eigenvalue weighted by Crippen LogP contribution is -2.33. The Morgan fingerprint density at radius 1 is 0.917 bits per heavy atom. The molecule has 0 fully saturated rings. The van der Waals surface area contributed by atoms with Gasteiger partial charge in [-0.3, -0.25) is 0 Å². The molecule has 3 N–H and O–H groups in total. The topological polar surface area (TPSA) is 72.2 Å². The summed E-state index contributed by atoms with van der Waals surface area (Å²) in [5.74, 6) is 0.462. The molecule has 0 heterocycles. The number of sulfonamides is 1. The van der Waals surface area contributed by atoms with Crippen LogP contribution in [0.15, 0.2) is 36.4 Å². The minimum Gasteiger partial charge on any atom is -0.330 e. The van der Waals surface area contributed by atoms with Gasteiger partial charge in [0.25, 0.3) is 0 Å². The number of nitrogens with one attached hydrogen (secondary N) is 1. The molecular formula is C19H28N2O2S. The van der Waals surface area contributed by atoms with Crippen LogP contribution in [0.4, 0.5) is 0 Å². The van der Waals surface area contributed by atoms with Crippen molar-refractivity contribution in [1.29, 1.82) is 0 Å². The second-order valence-electron chi connectivity index (χ2n) is 6.85. The molecule has 0 aliphatic heterocycles. The molecule has 24 heavy (non-hydrogen) atoms. The highest BCUT2D eigenvalue weighted by molar-refractivity contribution is 7.90. The predicted octanol–water partition coefficient (Wildman–Crippen LogP) is 3.33. The van der Waals surface area contributed by atoms with E-state index in [1.165, 1.54) is 16.3 Å². The van der Waals surface area contributed by atoms with E-state index < -0.39 is 15.3 Å². The van der Waals surface area contributed by atoms with Crippen LogP contribution in [0.25, 0.3) is 10.8 Å². The van der Waals surface area contributed by atoms with Gasteiger partial charge in [0.2, 0.25) is 10.0 Å². The Bertz CT molecular complexity index is 800. The molecule has 2 aromatic rings. The van der Waals surface area contributed by atoms with Crippen LogP contribution >= 0.6 is 0 Å². The second kappa shape index (κ2) is 7.64. The van der Waals surface area contributed by atoms with Crippen LogP contribution in [0, 0.1) is 0 Å². The molecule has 0 radical (unpaired) electrons. The molecule has 0 spiro atoms. The molecule has 0 aliphatic carbocycles. The smallest absolute Gasteiger partial charge is 0.213 e. The first-order valence-electron chi connectivity index (χ1n) is 8.46. The van der Waals surface area contributed by atoms with Crippen LogP contribution in [-0.4, -0.2) is 26.8 Å². The zero-order chi connectivity index (χ0) is 17.9. The lowest BCUT2D eigenvalue weighted by Gasteiger charge is -2.16. The van der Waals surface area contributed by atoms with Crippen molar-refractivity contribution in [2.24, 2.45) is 5.73 Å². The van der Waals surface area contributed by atoms with Gasteiger partial charge in [0.1, 0.15) is 0 Å². The third kappa shape index (κ3) is 4.35. The van der Waals surface area contributed by atoms with Crippen LogP contribution in [-0.2, 0) is 10.0 Å². The first-order chi connectivity index (χ1) is 11.2. The lowest BCUT2D eigenvalue weighted by atomic mass is 9.94. The molecule has 5 heteroatoms. The molecule has 4 nitrogen and oxygen atoms in total. The molecule has 2 atom stereocenters. The Balaban J connectivity index is 2.18. The Kier molecular flexibility index (Phi) is 6.01. The summed E-state index contributed by atoms with van der Waals surface area (Å²) in [5.41, 5.74) is 8.12. The monoisotopic (exact) mass is 348 g/mol. The number of fused-ring (bicyclic) bond motifs is 1. The second-order valence-corrected chi connectivity index (χ2v) is 9.17. The van der Waals surface area contributed by atoms with Crippen LogP contribution in [0.5, 0.6) is 0 Å². The van der Waals surface area contributed by atoms with E-state index in [2.05, 4.69) is 48.0 Å². The van der Waals surface area contributed by atoms with Crippen LogP contribution in [0.3, 0.4) is 0 Å². The van der Waals surface area contributed by atoms with Gasteiger partial charge in [0.05, 0.1) is 5.25 Å². The van der Waals surface area contributed by atoms with Crippen molar-refractivity contribution in [1.82, 2.24) is 4.72 Å². The average molecular weight is 349 g/mol. The number of hydrogen-bond donors (Lipinski definition) is 2. The predicted molar refractivity (Wildman–Crippen MR) is 102 cm³/mol. The first-order valence-corrected chi connectivity index (χ1v) is 10.0. The van der Waals surface area contributed by atoms with Crippen molar-refractivity contribution >= 4 is 20.8 Å². The zero-order valence-electron chi connectivity index (χ0n) is 14.9. The Hall–Kier alpha value is -1.43. The molecule has 0 amide bonds. The van der Waals surface area contributed by atoms with Crippen LogP contribution in [0.1, 0.15) is 50.7 Å². The normalized spacial score (nSPS) is 14.9. The van der Waals surface area contributed by atoms with E-state index in [-0.39, 0.29) is 5.92 Å². The standard InChI is InChI=1S/C19H28N2O2S/c1-13(2)24(22,23)21-12-15(4)17-6-8-18-9-16(14(3)11-20)5-7-19(18)10-17/h5-10,13-15,21H,11-12,20H2,1-4H3/t14-,15-/m1/s1. The largest absolute Gasteiger partial charge is 0.330 e. The third-order valence-electron chi connectivity index (χ3n) is 4.59. The molecule has 0 aliphatic rings. The van der Waals surface area contributed by atoms with Gasteiger partial charge in [0, 0.05) is 6.54 Å². The van der Waals surface area contributed by atoms with Gasteiger partial charge < -0.3 is 5.73 Å². The summed E-state index contributed by atoms with van der Waals surface area (Å²) >= 11 is 0. The molecule has 132 valence electrons. The Labute approximate surface area is 145 Å². The van der Waals surface area contributed by atoms with Crippen molar-refractivity contribution in [2.45, 2.75) is 44.8 Å². The van der Waals surface area contributed by atoms with Gasteiger partial charge >= 0.3 is 0 Å². The van der Waals surface area contributed by atoms with Gasteiger partial charge in [-0.05, 0) is 54.1 Å². The van der Waals surface area contributed by atoms with Crippen molar-refractivity contribution in [3.8, 4) is 0 Å². The summed E-state index contributed by atoms with van der Waals surface area (Å²) in [4.78, 5) is 0. The van der Waals surface area contributed by atoms with Crippen molar-refractivity contribution in [3.63, 3.8) is 0 Å². The van der Waals surface area contributed by atoms with E-state index in [1.807, 2.05) is 6.92 Å². The van der Waals surface area contributed by atoms with Gasteiger partial charge in [-0.1, -0.05) is 50.2 Å². The molecule has 0 bridgehead atoms. The molecule has 0 aromatic heterocycles. The number of hydrogen-bond acceptors (Lipinski definition) is 3. The van der Waals surface area contributed by atoms with Gasteiger partial charge in [-0.2, -0.15) is 0 Å². The van der Waals surface area contributed by atoms with E-state index >= 15 is 0 Å². The van der Waals surface area contributed by atoms with Crippen molar-refractivity contribution in [3.05, 3.63) is 47.5 Å². The van der Waals surface area contributed by atoms with Crippen molar-refractivity contribution in [2.75, 3.05) is 13.1 Å². The highest BCUT2D eigenvalue weighted by atomic mass is 32.2. The quantitative estimate of drug-likeness (QED) is 0.806. The molecule has 0 saturated heterocycles. The van der Waals surface area contributed by atoms with E-state index in [9.17, 15) is 8.42 Å². The van der Waals surface area contributed by atoms with E-state index in [0.29, 0.717) is 19.0 Å². The van der Waals surface area contributed by atoms with E-state index in [0.717, 1.165) is 5.56 Å². The van der Waals surface area contributed by atoms with Gasteiger partial charge in [0.15, 0.2) is 0 Å². The summed E-state index contributed by atoms with van der Waals surface area (Å²) in [6.45, 7) is 8.57. The minimum atomic E-state index is -3.22. The molecule has 0 saturated carbocycles. The van der Waals surface area contributed by atoms with Gasteiger partial charge in [-0.15, -0.1) is 0 Å². The summed E-state index contributed by atoms with van der Waals surface area (Å²) in [6, 6.07) is 12.7. The summed E-state index contributed by atoms with van der Waals surface area (Å²) in [7, 11) is -3.22. The summed E-state index contributed by atoms with van der Waals surface area (Å²) in [5, 5.41) is 1.94. The maximum Gasteiger partial charge on any atom is 0.213 e. The van der Waals surface area contributed by atoms with Crippen molar-refractivity contribution < 1.29 is 8.42 Å². The number of rotatable bonds is 7. The fourth-order valence-electron chi connectivity index (χ4n) is 2.56. The fraction of sp³-hybridized carbons (Fsp3) is 0.474. The number of nitrogens with two attached hydrogens (primary N) is 1. The summed E-state index contributed by atoms with van der Waals surface area (Å²) < 4.78 is 26.5. The van der Waals surface area contributed by atoms with E-state index in [1.54, 1.807) is 13.8 Å². The molecule has 2 aromatic carbocycles. The number of benzene rings is 2. The Morgan fingerprint density at radius 3 is 1.88 bits per heavy atom. The van der Waals surface area contributed by atoms with Crippen LogP contribution < -0.4 is 10.5 Å². The fourth-order valence-corrected chi connectivity index (χ4v) is 3.37. The molecular weight excluding hydrogens is 320 g/mol. The molecule has 0 unspecified atom stereocenters. The third-order valence-corrected chi connectivity index (χ3v) is 6.40. The SMILES string of the molecule is CC(C)S(=O)(=O)NC[C@@H](C)c1ccc2cc([C@H](C)CN)ccc2c1. The van der Waals surface area contributed by atoms with Gasteiger partial charge in [-0.25, -0.2) is 13.1 Å². The average Bonchev–Trinajstić information content (AvgIpc) is 2.57. The maximum atomic E-state index is 11.9. The first kappa shape index (κ1) is 18.9. The Morgan fingerprint density at radius 2 is 1.42 bits per heavy atom. The molecule has 2 rings (SSSR count). The highest BCUT2D eigenvalue weighted by Crippen LogP contribution is 2.25. The maximum absolute atomic E-state index is 11.9. The summed E-state index contributed by atoms with van der Waals surface area (Å²) in [6.07, 6.45) is 0. The minimum absolute atomic E-state index is 0.116. The zero-order valence-corrected chi connectivity index (χ0v) is 15.7. The van der Waals surface area contributed by atoms with E-state index in [4.69, 9.17) is 5.73 Å². The lowest BCUT2D eigenvalue weighted by molar-refractivity contribution is 0.566.